The summed E-state index contributed by atoms with van der Waals surface area (Å²) in [4.78, 5) is 28.5. The highest BCUT2D eigenvalue weighted by Crippen LogP contribution is 2.29. The molecule has 0 aliphatic rings. The molecule has 148 valence electrons. The molecule has 3 rings (SSSR count). The monoisotopic (exact) mass is 459 g/mol. The summed E-state index contributed by atoms with van der Waals surface area (Å²) in [5, 5.41) is 4.32. The second-order valence-corrected chi connectivity index (χ2v) is 7.21. The minimum absolute atomic E-state index is 0.208. The lowest BCUT2D eigenvalue weighted by Gasteiger charge is -2.13. The largest absolute Gasteiger partial charge is 0.327 e. The molecule has 5 nitrogen and oxygen atoms in total. The maximum atomic E-state index is 13.7. The number of halogens is 3. The fourth-order valence-electron chi connectivity index (χ4n) is 2.98. The van der Waals surface area contributed by atoms with Crippen LogP contribution in [0.15, 0.2) is 53.0 Å². The maximum absolute atomic E-state index is 13.7. The average Bonchev–Trinajstić information content (AvgIpc) is 2.62. The first kappa shape index (κ1) is 20.6. The predicted molar refractivity (Wildman–Crippen MR) is 110 cm³/mol. The summed E-state index contributed by atoms with van der Waals surface area (Å²) in [7, 11) is 0. The average molecular weight is 460 g/mol. The fraction of sp³-hybridized carbons (Fsp3) is 0.0952. The number of carbonyl (C=O) groups is 2. The molecule has 0 bridgehead atoms. The first-order valence-electron chi connectivity index (χ1n) is 8.57. The van der Waals surface area contributed by atoms with Crippen molar-refractivity contribution in [3.8, 4) is 11.1 Å². The molecule has 0 unspecified atom stereocenters. The summed E-state index contributed by atoms with van der Waals surface area (Å²) in [5.41, 5.74) is 2.61. The third kappa shape index (κ3) is 4.65. The molecule has 0 aliphatic carbocycles. The second kappa shape index (κ2) is 8.48. The van der Waals surface area contributed by atoms with Crippen LogP contribution in [0.2, 0.25) is 0 Å². The Labute approximate surface area is 174 Å². The molecule has 29 heavy (non-hydrogen) atoms. The van der Waals surface area contributed by atoms with Gasteiger partial charge in [0.1, 0.15) is 23.0 Å². The van der Waals surface area contributed by atoms with Crippen LogP contribution in [0.3, 0.4) is 0 Å². The summed E-state index contributed by atoms with van der Waals surface area (Å²) in [6, 6.07) is 11.4. The molecule has 3 amide bonds. The number of pyridine rings is 1. The van der Waals surface area contributed by atoms with E-state index >= 15 is 0 Å². The van der Waals surface area contributed by atoms with Gasteiger partial charge in [0.2, 0.25) is 0 Å². The summed E-state index contributed by atoms with van der Waals surface area (Å²) in [6.45, 7) is 3.67. The van der Waals surface area contributed by atoms with Gasteiger partial charge in [-0.15, -0.1) is 0 Å². The molecule has 0 fully saturated rings. The summed E-state index contributed by atoms with van der Waals surface area (Å²) < 4.78 is 28.3. The predicted octanol–water partition coefficient (Wildman–Crippen LogP) is 5.37. The zero-order valence-electron chi connectivity index (χ0n) is 15.5. The van der Waals surface area contributed by atoms with Crippen molar-refractivity contribution in [2.75, 3.05) is 5.32 Å². The van der Waals surface area contributed by atoms with Crippen LogP contribution in [0, 0.1) is 25.5 Å². The number of benzene rings is 2. The van der Waals surface area contributed by atoms with Gasteiger partial charge in [0.25, 0.3) is 5.91 Å². The van der Waals surface area contributed by atoms with Crippen LogP contribution in [0.5, 0.6) is 0 Å². The molecule has 0 atom stereocenters. The van der Waals surface area contributed by atoms with E-state index in [1.807, 2.05) is 36.5 Å². The van der Waals surface area contributed by atoms with Crippen molar-refractivity contribution in [3.63, 3.8) is 0 Å². The van der Waals surface area contributed by atoms with Crippen molar-refractivity contribution in [2.45, 2.75) is 13.8 Å². The number of hydrogen-bond donors (Lipinski definition) is 2. The van der Waals surface area contributed by atoms with Crippen LogP contribution in [-0.2, 0) is 0 Å². The van der Waals surface area contributed by atoms with Crippen molar-refractivity contribution in [1.82, 2.24) is 10.3 Å². The van der Waals surface area contributed by atoms with Gasteiger partial charge in [-0.3, -0.25) is 15.4 Å². The molecule has 8 heteroatoms. The fourth-order valence-corrected chi connectivity index (χ4v) is 3.24. The van der Waals surface area contributed by atoms with Gasteiger partial charge in [0.05, 0.1) is 0 Å². The quantitative estimate of drug-likeness (QED) is 0.553. The molecular formula is C21H16BrF2N3O2. The molecule has 0 saturated carbocycles. The topological polar surface area (TPSA) is 71.1 Å². The molecule has 2 N–H and O–H groups in total. The second-order valence-electron chi connectivity index (χ2n) is 6.30. The lowest BCUT2D eigenvalue weighted by molar-refractivity contribution is 0.0959. The highest BCUT2D eigenvalue weighted by Gasteiger charge is 2.19. The number of aromatic nitrogens is 1. The van der Waals surface area contributed by atoms with E-state index in [9.17, 15) is 18.4 Å². The molecule has 3 aromatic rings. The Morgan fingerprint density at radius 2 is 1.62 bits per heavy atom. The minimum Gasteiger partial charge on any atom is -0.292 e. The van der Waals surface area contributed by atoms with Crippen LogP contribution in [-0.4, -0.2) is 16.9 Å². The number of aryl methyl sites for hydroxylation is 2. The molecule has 0 saturated heterocycles. The number of amides is 3. The number of nitrogens with one attached hydrogen (secondary N) is 2. The number of imide groups is 1. The highest BCUT2D eigenvalue weighted by atomic mass is 79.9. The summed E-state index contributed by atoms with van der Waals surface area (Å²) >= 11 is 3.39. The van der Waals surface area contributed by atoms with E-state index in [1.165, 1.54) is 0 Å². The first-order valence-corrected chi connectivity index (χ1v) is 9.36. The molecule has 0 aliphatic heterocycles. The van der Waals surface area contributed by atoms with Crippen LogP contribution in [0.4, 0.5) is 19.4 Å². The number of anilines is 1. The van der Waals surface area contributed by atoms with Gasteiger partial charge < -0.3 is 0 Å². The van der Waals surface area contributed by atoms with Gasteiger partial charge in [-0.05, 0) is 55.3 Å². The number of nitrogens with zero attached hydrogens (tertiary/aromatic N) is 1. The Morgan fingerprint density at radius 1 is 1.00 bits per heavy atom. The maximum Gasteiger partial charge on any atom is 0.327 e. The van der Waals surface area contributed by atoms with Crippen LogP contribution >= 0.6 is 15.9 Å². The Hall–Kier alpha value is -3.13. The van der Waals surface area contributed by atoms with Gasteiger partial charge in [-0.1, -0.05) is 34.1 Å². The molecule has 1 heterocycles. The van der Waals surface area contributed by atoms with Gasteiger partial charge in [-0.2, -0.15) is 0 Å². The molecule has 2 aromatic carbocycles. The Morgan fingerprint density at radius 3 is 2.21 bits per heavy atom. The van der Waals surface area contributed by atoms with Crippen molar-refractivity contribution >= 4 is 33.7 Å². The third-order valence-corrected chi connectivity index (χ3v) is 4.72. The SMILES string of the molecule is Cc1cc(NC(=O)NC(=O)c2c(F)cccc2F)nc(C)c1-c1ccc(Br)cc1. The van der Waals surface area contributed by atoms with Gasteiger partial charge in [-0.25, -0.2) is 18.6 Å². The number of carbonyl (C=O) groups excluding carboxylic acids is 2. The van der Waals surface area contributed by atoms with Gasteiger partial charge in [0, 0.05) is 15.7 Å². The van der Waals surface area contributed by atoms with Crippen molar-refractivity contribution in [3.05, 3.63) is 81.5 Å². The molecule has 1 aromatic heterocycles. The zero-order valence-corrected chi connectivity index (χ0v) is 17.1. The van der Waals surface area contributed by atoms with E-state index in [1.54, 1.807) is 13.0 Å². The van der Waals surface area contributed by atoms with E-state index in [4.69, 9.17) is 0 Å². The Bertz CT molecular complexity index is 1060. The minimum atomic E-state index is -1.18. The lowest BCUT2D eigenvalue weighted by atomic mass is 9.99. The van der Waals surface area contributed by atoms with E-state index < -0.39 is 29.1 Å². The standard InChI is InChI=1S/C21H16BrF2N3O2/c1-11-10-17(25-12(2)18(11)13-6-8-14(22)9-7-13)26-21(29)27-20(28)19-15(23)4-3-5-16(19)24/h3-10H,1-2H3,(H2,25,26,27,28,29). The third-order valence-electron chi connectivity index (χ3n) is 4.19. The van der Waals surface area contributed by atoms with E-state index in [0.29, 0.717) is 5.69 Å². The van der Waals surface area contributed by atoms with E-state index in [-0.39, 0.29) is 5.82 Å². The van der Waals surface area contributed by atoms with Crippen molar-refractivity contribution < 1.29 is 18.4 Å². The smallest absolute Gasteiger partial charge is 0.292 e. The Kier molecular flexibility index (Phi) is 6.03. The molecule has 0 spiro atoms. The van der Waals surface area contributed by atoms with E-state index in [2.05, 4.69) is 26.2 Å². The van der Waals surface area contributed by atoms with Crippen LogP contribution < -0.4 is 10.6 Å². The molecular weight excluding hydrogens is 444 g/mol. The summed E-state index contributed by atoms with van der Waals surface area (Å²) in [6.07, 6.45) is 0. The van der Waals surface area contributed by atoms with Gasteiger partial charge >= 0.3 is 6.03 Å². The van der Waals surface area contributed by atoms with E-state index in [0.717, 1.165) is 39.4 Å². The van der Waals surface area contributed by atoms with Crippen molar-refractivity contribution in [2.24, 2.45) is 0 Å². The lowest BCUT2D eigenvalue weighted by Crippen LogP contribution is -2.35. The zero-order chi connectivity index (χ0) is 21.1. The normalized spacial score (nSPS) is 10.5. The van der Waals surface area contributed by atoms with Crippen LogP contribution in [0.25, 0.3) is 11.1 Å². The summed E-state index contributed by atoms with van der Waals surface area (Å²) in [5.74, 6) is -3.09. The number of rotatable bonds is 3. The van der Waals surface area contributed by atoms with Crippen molar-refractivity contribution in [1.29, 1.82) is 0 Å². The van der Waals surface area contributed by atoms with Gasteiger partial charge in [0.15, 0.2) is 0 Å². The van der Waals surface area contributed by atoms with Crippen LogP contribution in [0.1, 0.15) is 21.6 Å². The number of urea groups is 1. The molecule has 0 radical (unpaired) electrons. The first-order chi connectivity index (χ1) is 13.8. The Balaban J connectivity index is 1.77. The number of hydrogen-bond acceptors (Lipinski definition) is 3. The highest BCUT2D eigenvalue weighted by molar-refractivity contribution is 9.10.